The maximum Gasteiger partial charge on any atom is 0.231 e. The van der Waals surface area contributed by atoms with Gasteiger partial charge < -0.3 is 4.52 Å². The smallest absolute Gasteiger partial charge is 0.231 e. The Morgan fingerprint density at radius 1 is 1.29 bits per heavy atom. The molecule has 1 saturated carbocycles. The van der Waals surface area contributed by atoms with Crippen LogP contribution in [0.15, 0.2) is 4.52 Å². The van der Waals surface area contributed by atoms with Crippen LogP contribution in [0.2, 0.25) is 0 Å². The molecule has 21 heavy (non-hydrogen) atoms. The van der Waals surface area contributed by atoms with Gasteiger partial charge >= 0.3 is 0 Å². The van der Waals surface area contributed by atoms with Crippen molar-refractivity contribution < 1.29 is 12.9 Å². The molecule has 0 amide bonds. The number of hydrogen-bond donors (Lipinski definition) is 0. The zero-order valence-corrected chi connectivity index (χ0v) is 13.3. The average molecular weight is 313 g/mol. The largest absolute Gasteiger partial charge is 0.339 e. The standard InChI is InChI=1S/C14H23N3O3S/c1-11-15-14(20-16-11)13-6-3-8-17(10-13)21(18,19)9-7-12-4-2-5-12/h12-13H,2-10H2,1H3. The zero-order chi connectivity index (χ0) is 14.9. The van der Waals surface area contributed by atoms with Crippen LogP contribution >= 0.6 is 0 Å². The van der Waals surface area contributed by atoms with Crippen molar-refractivity contribution in [1.82, 2.24) is 14.4 Å². The first-order valence-electron chi connectivity index (χ1n) is 7.82. The van der Waals surface area contributed by atoms with Crippen molar-refractivity contribution in [2.45, 2.75) is 51.4 Å². The highest BCUT2D eigenvalue weighted by Crippen LogP contribution is 2.31. The van der Waals surface area contributed by atoms with E-state index in [1.54, 1.807) is 11.2 Å². The molecule has 6 nitrogen and oxygen atoms in total. The predicted molar refractivity (Wildman–Crippen MR) is 78.3 cm³/mol. The molecule has 1 unspecified atom stereocenters. The second-order valence-electron chi connectivity index (χ2n) is 6.28. The lowest BCUT2D eigenvalue weighted by molar-refractivity contribution is 0.262. The molecule has 0 N–H and O–H groups in total. The van der Waals surface area contributed by atoms with Gasteiger partial charge in [-0.2, -0.15) is 4.98 Å². The van der Waals surface area contributed by atoms with Gasteiger partial charge in [0.1, 0.15) is 0 Å². The molecular weight excluding hydrogens is 290 g/mol. The van der Waals surface area contributed by atoms with Gasteiger partial charge in [0.05, 0.1) is 11.7 Å². The van der Waals surface area contributed by atoms with E-state index in [4.69, 9.17) is 4.52 Å². The molecule has 0 spiro atoms. The van der Waals surface area contributed by atoms with Gasteiger partial charge in [0, 0.05) is 13.1 Å². The maximum atomic E-state index is 12.5. The Bertz CT molecular complexity index is 580. The van der Waals surface area contributed by atoms with E-state index in [0.717, 1.165) is 19.3 Å². The van der Waals surface area contributed by atoms with Crippen LogP contribution < -0.4 is 0 Å². The molecule has 0 aromatic carbocycles. The summed E-state index contributed by atoms with van der Waals surface area (Å²) >= 11 is 0. The van der Waals surface area contributed by atoms with E-state index < -0.39 is 10.0 Å². The fourth-order valence-electron chi connectivity index (χ4n) is 3.10. The lowest BCUT2D eigenvalue weighted by atomic mass is 9.84. The Labute approximate surface area is 126 Å². The van der Waals surface area contributed by atoms with E-state index in [1.165, 1.54) is 19.3 Å². The molecule has 3 rings (SSSR count). The van der Waals surface area contributed by atoms with Crippen molar-refractivity contribution in [3.8, 4) is 0 Å². The minimum Gasteiger partial charge on any atom is -0.339 e. The second kappa shape index (κ2) is 6.04. The van der Waals surface area contributed by atoms with Crippen molar-refractivity contribution in [2.75, 3.05) is 18.8 Å². The van der Waals surface area contributed by atoms with Crippen LogP contribution in [0, 0.1) is 12.8 Å². The van der Waals surface area contributed by atoms with Crippen LogP contribution in [0.25, 0.3) is 0 Å². The molecule has 0 radical (unpaired) electrons. The van der Waals surface area contributed by atoms with Gasteiger partial charge in [0.25, 0.3) is 0 Å². The van der Waals surface area contributed by atoms with Crippen molar-refractivity contribution >= 4 is 10.0 Å². The van der Waals surface area contributed by atoms with E-state index in [-0.39, 0.29) is 11.7 Å². The highest BCUT2D eigenvalue weighted by Gasteiger charge is 2.32. The molecule has 1 atom stereocenters. The third-order valence-electron chi connectivity index (χ3n) is 4.68. The number of aromatic nitrogens is 2. The minimum absolute atomic E-state index is 0.0402. The third kappa shape index (κ3) is 3.45. The predicted octanol–water partition coefficient (Wildman–Crippen LogP) is 2.08. The van der Waals surface area contributed by atoms with Crippen molar-refractivity contribution in [3.05, 3.63) is 11.7 Å². The highest BCUT2D eigenvalue weighted by molar-refractivity contribution is 7.89. The van der Waals surface area contributed by atoms with Crippen LogP contribution in [0.5, 0.6) is 0 Å². The highest BCUT2D eigenvalue weighted by atomic mass is 32.2. The van der Waals surface area contributed by atoms with Crippen molar-refractivity contribution in [2.24, 2.45) is 5.92 Å². The number of rotatable bonds is 5. The van der Waals surface area contributed by atoms with Gasteiger partial charge in [0.2, 0.25) is 15.9 Å². The van der Waals surface area contributed by atoms with Crippen LogP contribution in [0.3, 0.4) is 0 Å². The molecule has 2 heterocycles. The lowest BCUT2D eigenvalue weighted by Crippen LogP contribution is -2.40. The molecule has 1 aromatic rings. The SMILES string of the molecule is Cc1noc(C2CCCN(S(=O)(=O)CCC3CCC3)C2)n1. The number of nitrogens with zero attached hydrogens (tertiary/aromatic N) is 3. The Kier molecular flexibility index (Phi) is 4.31. The lowest BCUT2D eigenvalue weighted by Gasteiger charge is -2.31. The number of sulfonamides is 1. The second-order valence-corrected chi connectivity index (χ2v) is 8.37. The van der Waals surface area contributed by atoms with E-state index >= 15 is 0 Å². The zero-order valence-electron chi connectivity index (χ0n) is 12.5. The van der Waals surface area contributed by atoms with Crippen LogP contribution in [0.1, 0.15) is 56.2 Å². The fourth-order valence-corrected chi connectivity index (χ4v) is 4.81. The van der Waals surface area contributed by atoms with Gasteiger partial charge in [-0.15, -0.1) is 0 Å². The number of piperidine rings is 1. The Hall–Kier alpha value is -0.950. The monoisotopic (exact) mass is 313 g/mol. The molecule has 2 fully saturated rings. The van der Waals surface area contributed by atoms with Gasteiger partial charge in [0.15, 0.2) is 5.82 Å². The van der Waals surface area contributed by atoms with Crippen molar-refractivity contribution in [3.63, 3.8) is 0 Å². The van der Waals surface area contributed by atoms with Crippen LogP contribution in [-0.4, -0.2) is 41.7 Å². The van der Waals surface area contributed by atoms with E-state index in [2.05, 4.69) is 10.1 Å². The van der Waals surface area contributed by atoms with E-state index in [1.807, 2.05) is 0 Å². The quantitative estimate of drug-likeness (QED) is 0.832. The summed E-state index contributed by atoms with van der Waals surface area (Å²) in [5.41, 5.74) is 0. The van der Waals surface area contributed by atoms with Gasteiger partial charge in [-0.05, 0) is 32.1 Å². The van der Waals surface area contributed by atoms with Crippen LogP contribution in [0.4, 0.5) is 0 Å². The van der Waals surface area contributed by atoms with E-state index in [0.29, 0.717) is 30.7 Å². The molecule has 7 heteroatoms. The minimum atomic E-state index is -3.15. The summed E-state index contributed by atoms with van der Waals surface area (Å²) in [5.74, 6) is 2.13. The normalized spacial score (nSPS) is 24.9. The maximum absolute atomic E-state index is 12.5. The summed E-state index contributed by atoms with van der Waals surface area (Å²) in [5, 5.41) is 3.80. The first kappa shape index (κ1) is 15.0. The summed E-state index contributed by atoms with van der Waals surface area (Å²) in [6, 6.07) is 0. The Balaban J connectivity index is 1.61. The third-order valence-corrected chi connectivity index (χ3v) is 6.55. The molecule has 1 aliphatic carbocycles. The molecule has 118 valence electrons. The molecule has 1 saturated heterocycles. The molecule has 1 aliphatic heterocycles. The first-order valence-corrected chi connectivity index (χ1v) is 9.43. The van der Waals surface area contributed by atoms with Crippen LogP contribution in [-0.2, 0) is 10.0 Å². The Morgan fingerprint density at radius 2 is 2.10 bits per heavy atom. The summed E-state index contributed by atoms with van der Waals surface area (Å²) in [4.78, 5) is 4.25. The first-order chi connectivity index (χ1) is 10.0. The Morgan fingerprint density at radius 3 is 2.71 bits per heavy atom. The van der Waals surface area contributed by atoms with Crippen molar-refractivity contribution in [1.29, 1.82) is 0 Å². The van der Waals surface area contributed by atoms with Gasteiger partial charge in [-0.25, -0.2) is 12.7 Å². The summed E-state index contributed by atoms with van der Waals surface area (Å²) in [6.07, 6.45) is 6.22. The number of hydrogen-bond acceptors (Lipinski definition) is 5. The molecule has 0 bridgehead atoms. The summed E-state index contributed by atoms with van der Waals surface area (Å²) < 4.78 is 31.8. The molecule has 1 aromatic heterocycles. The topological polar surface area (TPSA) is 76.3 Å². The fraction of sp³-hybridized carbons (Fsp3) is 0.857. The summed E-state index contributed by atoms with van der Waals surface area (Å²) in [6.45, 7) is 2.88. The number of aryl methyl sites for hydroxylation is 1. The van der Waals surface area contributed by atoms with E-state index in [9.17, 15) is 8.42 Å². The molecule has 2 aliphatic rings. The summed E-state index contributed by atoms with van der Waals surface area (Å²) in [7, 11) is -3.15. The average Bonchev–Trinajstić information content (AvgIpc) is 2.84. The van der Waals surface area contributed by atoms with Gasteiger partial charge in [-0.3, -0.25) is 0 Å². The van der Waals surface area contributed by atoms with Gasteiger partial charge in [-0.1, -0.05) is 24.4 Å². The molecular formula is C14H23N3O3S.